The van der Waals surface area contributed by atoms with Crippen molar-refractivity contribution in [3.8, 4) is 17.6 Å². The number of ether oxygens (including phenoxy) is 2. The summed E-state index contributed by atoms with van der Waals surface area (Å²) in [7, 11) is 0. The molecule has 0 N–H and O–H groups in total. The molecule has 0 saturated carbocycles. The molecular formula is C24H13Cl5F3NO3. The summed E-state index contributed by atoms with van der Waals surface area (Å²) in [4.78, 5) is 13.4. The normalized spacial score (nSPS) is 13.0. The van der Waals surface area contributed by atoms with Crippen molar-refractivity contribution >= 4 is 63.8 Å². The first-order valence-corrected chi connectivity index (χ1v) is 11.8. The number of nitriles is 1. The number of halogens is 8. The van der Waals surface area contributed by atoms with Gasteiger partial charge in [0.2, 0.25) is 0 Å². The Morgan fingerprint density at radius 3 is 1.97 bits per heavy atom. The number of benzene rings is 3. The van der Waals surface area contributed by atoms with Gasteiger partial charge in [-0.1, -0.05) is 64.1 Å². The van der Waals surface area contributed by atoms with Crippen LogP contribution in [0.5, 0.6) is 11.5 Å². The van der Waals surface area contributed by atoms with E-state index in [1.54, 1.807) is 0 Å². The molecule has 188 valence electrons. The number of hydrogen-bond acceptors (Lipinski definition) is 4. The summed E-state index contributed by atoms with van der Waals surface area (Å²) < 4.78 is 49.8. The van der Waals surface area contributed by atoms with E-state index in [4.69, 9.17) is 67.5 Å². The zero-order valence-corrected chi connectivity index (χ0v) is 21.6. The third-order valence-electron chi connectivity index (χ3n) is 4.86. The van der Waals surface area contributed by atoms with Crippen molar-refractivity contribution < 1.29 is 27.4 Å². The highest BCUT2D eigenvalue weighted by atomic mass is 35.5. The van der Waals surface area contributed by atoms with Crippen LogP contribution in [0.25, 0.3) is 0 Å². The maximum absolute atomic E-state index is 13.4. The number of ketones is 1. The second-order valence-electron chi connectivity index (χ2n) is 7.26. The van der Waals surface area contributed by atoms with Crippen LogP contribution in [-0.2, 0) is 16.6 Å². The minimum absolute atomic E-state index is 0.000328. The van der Waals surface area contributed by atoms with Gasteiger partial charge in [-0.3, -0.25) is 4.79 Å². The molecule has 3 rings (SSSR count). The van der Waals surface area contributed by atoms with Crippen LogP contribution < -0.4 is 9.47 Å². The van der Waals surface area contributed by atoms with E-state index in [1.807, 2.05) is 6.07 Å². The largest absolute Gasteiger partial charge is 0.492 e. The lowest BCUT2D eigenvalue weighted by Crippen LogP contribution is -2.41. The maximum Gasteiger partial charge on any atom is 0.416 e. The van der Waals surface area contributed by atoms with Gasteiger partial charge in [-0.05, 0) is 48.5 Å². The molecule has 0 bridgehead atoms. The highest BCUT2D eigenvalue weighted by Gasteiger charge is 2.45. The Labute approximate surface area is 229 Å². The molecule has 36 heavy (non-hydrogen) atoms. The molecule has 0 heterocycles. The number of carbonyl (C=O) groups excluding carboxylic acids is 1. The van der Waals surface area contributed by atoms with Gasteiger partial charge >= 0.3 is 6.18 Å². The molecule has 1 unspecified atom stereocenters. The summed E-state index contributed by atoms with van der Waals surface area (Å²) in [6, 6.07) is 12.7. The molecule has 0 fully saturated rings. The minimum Gasteiger partial charge on any atom is -0.492 e. The number of hydrogen-bond donors (Lipinski definition) is 0. The lowest BCUT2D eigenvalue weighted by atomic mass is 9.88. The SMILES string of the molecule is N#CC(Oc1ccc(Cl)cc1Cl)(C(=O)CCOc1ccc(C(F)(F)F)cc1Cl)c1ccc(Cl)cc1Cl. The van der Waals surface area contributed by atoms with E-state index < -0.39 is 29.5 Å². The number of Topliss-reactive ketones (excluding diaryl/α,β-unsaturated/α-hetero) is 1. The molecule has 3 aromatic carbocycles. The summed E-state index contributed by atoms with van der Waals surface area (Å²) in [5.74, 6) is -0.872. The van der Waals surface area contributed by atoms with Gasteiger partial charge in [-0.25, -0.2) is 0 Å². The number of carbonyl (C=O) groups is 1. The average molecular weight is 598 g/mol. The minimum atomic E-state index is -4.58. The highest BCUT2D eigenvalue weighted by molar-refractivity contribution is 6.36. The van der Waals surface area contributed by atoms with Crippen LogP contribution in [-0.4, -0.2) is 12.4 Å². The van der Waals surface area contributed by atoms with Crippen molar-refractivity contribution in [2.45, 2.75) is 18.2 Å². The summed E-state index contributed by atoms with van der Waals surface area (Å²) in [6.45, 7) is -0.337. The molecular weight excluding hydrogens is 585 g/mol. The molecule has 0 amide bonds. The van der Waals surface area contributed by atoms with E-state index in [2.05, 4.69) is 0 Å². The van der Waals surface area contributed by atoms with Gasteiger partial charge in [0, 0.05) is 22.0 Å². The summed E-state index contributed by atoms with van der Waals surface area (Å²) in [6.07, 6.45) is -4.99. The molecule has 3 aromatic rings. The van der Waals surface area contributed by atoms with E-state index in [9.17, 15) is 23.2 Å². The van der Waals surface area contributed by atoms with Gasteiger partial charge in [-0.15, -0.1) is 0 Å². The quantitative estimate of drug-likeness (QED) is 0.260. The maximum atomic E-state index is 13.4. The van der Waals surface area contributed by atoms with E-state index >= 15 is 0 Å². The van der Waals surface area contributed by atoms with E-state index in [1.165, 1.54) is 36.4 Å². The van der Waals surface area contributed by atoms with Gasteiger partial charge in [0.25, 0.3) is 5.60 Å². The molecule has 0 spiro atoms. The predicted molar refractivity (Wildman–Crippen MR) is 132 cm³/mol. The highest BCUT2D eigenvalue weighted by Crippen LogP contribution is 2.39. The molecule has 0 aliphatic heterocycles. The molecule has 0 saturated heterocycles. The first kappa shape index (κ1) is 28.2. The standard InChI is InChI=1S/C24H13Cl5F3NO3/c25-14-2-4-16(17(27)10-14)23(12-33,36-21-6-3-15(26)11-19(21)29)22(34)7-8-35-20-5-1-13(9-18(20)28)24(30,31)32/h1-6,9-11H,7-8H2. The zero-order valence-electron chi connectivity index (χ0n) is 17.8. The van der Waals surface area contributed by atoms with Crippen LogP contribution in [0.2, 0.25) is 25.1 Å². The topological polar surface area (TPSA) is 59.3 Å². The van der Waals surface area contributed by atoms with Crippen molar-refractivity contribution in [3.63, 3.8) is 0 Å². The van der Waals surface area contributed by atoms with Gasteiger partial charge in [-0.2, -0.15) is 18.4 Å². The Morgan fingerprint density at radius 2 is 1.42 bits per heavy atom. The lowest BCUT2D eigenvalue weighted by molar-refractivity contribution is -0.137. The van der Waals surface area contributed by atoms with Gasteiger partial charge < -0.3 is 9.47 Å². The van der Waals surface area contributed by atoms with Crippen LogP contribution in [0, 0.1) is 11.3 Å². The smallest absolute Gasteiger partial charge is 0.416 e. The second-order valence-corrected chi connectivity index (χ2v) is 9.35. The fourth-order valence-corrected chi connectivity index (χ4v) is 4.35. The van der Waals surface area contributed by atoms with E-state index in [0.29, 0.717) is 11.1 Å². The number of rotatable bonds is 8. The first-order valence-electron chi connectivity index (χ1n) is 9.91. The third-order valence-corrected chi connectivity index (χ3v) is 6.24. The third kappa shape index (κ3) is 6.31. The van der Waals surface area contributed by atoms with Crippen molar-refractivity contribution in [1.82, 2.24) is 0 Å². The monoisotopic (exact) mass is 595 g/mol. The Balaban J connectivity index is 1.90. The molecule has 12 heteroatoms. The Morgan fingerprint density at radius 1 is 0.833 bits per heavy atom. The lowest BCUT2D eigenvalue weighted by Gasteiger charge is -2.28. The van der Waals surface area contributed by atoms with Crippen LogP contribution in [0.1, 0.15) is 17.5 Å². The number of nitrogens with zero attached hydrogens (tertiary/aromatic N) is 1. The first-order chi connectivity index (χ1) is 16.9. The second kappa shape index (κ2) is 11.4. The van der Waals surface area contributed by atoms with Crippen LogP contribution in [0.4, 0.5) is 13.2 Å². The van der Waals surface area contributed by atoms with Crippen LogP contribution in [0.15, 0.2) is 54.6 Å². The fourth-order valence-electron chi connectivity index (χ4n) is 3.13. The van der Waals surface area contributed by atoms with Gasteiger partial charge in [0.15, 0.2) is 5.78 Å². The Bertz CT molecular complexity index is 1340. The molecule has 1 atom stereocenters. The van der Waals surface area contributed by atoms with Gasteiger partial charge in [0.05, 0.1) is 27.2 Å². The van der Waals surface area contributed by atoms with E-state index in [0.717, 1.165) is 12.1 Å². The van der Waals surface area contributed by atoms with Crippen molar-refractivity contribution in [3.05, 3.63) is 90.8 Å². The van der Waals surface area contributed by atoms with Crippen LogP contribution in [0.3, 0.4) is 0 Å². The average Bonchev–Trinajstić information content (AvgIpc) is 2.79. The van der Waals surface area contributed by atoms with Crippen molar-refractivity contribution in [2.75, 3.05) is 6.61 Å². The molecule has 0 radical (unpaired) electrons. The zero-order chi connectivity index (χ0) is 26.7. The van der Waals surface area contributed by atoms with Crippen molar-refractivity contribution in [1.29, 1.82) is 5.26 Å². The molecule has 0 aromatic heterocycles. The summed E-state index contributed by atoms with van der Waals surface area (Å²) in [5, 5.41) is 10.4. The summed E-state index contributed by atoms with van der Waals surface area (Å²) >= 11 is 30.3. The predicted octanol–water partition coefficient (Wildman–Crippen LogP) is 8.81. The van der Waals surface area contributed by atoms with Gasteiger partial charge in [0.1, 0.15) is 17.6 Å². The molecule has 4 nitrogen and oxygen atoms in total. The molecule has 0 aliphatic rings. The fraction of sp³-hybridized carbons (Fsp3) is 0.167. The number of alkyl halides is 3. The Kier molecular flexibility index (Phi) is 8.92. The Hall–Kier alpha value is -2.34. The van der Waals surface area contributed by atoms with Crippen molar-refractivity contribution in [2.24, 2.45) is 0 Å². The van der Waals surface area contributed by atoms with E-state index in [-0.39, 0.29) is 43.8 Å². The van der Waals surface area contributed by atoms with Crippen LogP contribution >= 0.6 is 58.0 Å². The summed E-state index contributed by atoms with van der Waals surface area (Å²) in [5.41, 5.74) is -3.23. The molecule has 0 aliphatic carbocycles.